The molecule has 3 rings (SSSR count). The molecule has 2 saturated heterocycles. The fourth-order valence-electron chi connectivity index (χ4n) is 3.22. The monoisotopic (exact) mass is 338 g/mol. The standard InChI is InChI=1S/C18H26O6/c1-11(2)22-18-16(20-4)15(19-3)14-13(23-18)10-21-17(24-14)12-8-6-5-7-9-12/h5-9,11,13-18H,10H2,1-4H3/t13?,14-,15?,16?,17?,18-/m1/s1. The molecule has 6 heteroatoms. The van der Waals surface area contributed by atoms with Crippen molar-refractivity contribution in [1.82, 2.24) is 0 Å². The van der Waals surface area contributed by atoms with Crippen molar-refractivity contribution in [3.63, 3.8) is 0 Å². The lowest BCUT2D eigenvalue weighted by atomic mass is 9.97. The summed E-state index contributed by atoms with van der Waals surface area (Å²) in [5, 5.41) is 0. The summed E-state index contributed by atoms with van der Waals surface area (Å²) >= 11 is 0. The van der Waals surface area contributed by atoms with Crippen molar-refractivity contribution in [2.45, 2.75) is 56.9 Å². The number of rotatable bonds is 5. The Labute approximate surface area is 142 Å². The number of ether oxygens (including phenoxy) is 6. The van der Waals surface area contributed by atoms with Gasteiger partial charge in [-0.15, -0.1) is 0 Å². The Morgan fingerprint density at radius 1 is 1.00 bits per heavy atom. The Kier molecular flexibility index (Phi) is 5.86. The quantitative estimate of drug-likeness (QED) is 0.821. The van der Waals surface area contributed by atoms with Gasteiger partial charge in [-0.2, -0.15) is 0 Å². The predicted molar refractivity (Wildman–Crippen MR) is 86.5 cm³/mol. The van der Waals surface area contributed by atoms with Crippen LogP contribution in [-0.4, -0.2) is 57.6 Å². The molecule has 0 N–H and O–H groups in total. The number of methoxy groups -OCH3 is 2. The average Bonchev–Trinajstić information content (AvgIpc) is 2.60. The molecule has 0 spiro atoms. The van der Waals surface area contributed by atoms with E-state index in [-0.39, 0.29) is 30.5 Å². The van der Waals surface area contributed by atoms with Crippen LogP contribution in [0.15, 0.2) is 30.3 Å². The molecule has 2 fully saturated rings. The van der Waals surface area contributed by atoms with Crippen molar-refractivity contribution in [3.05, 3.63) is 35.9 Å². The second-order valence-electron chi connectivity index (χ2n) is 6.31. The van der Waals surface area contributed by atoms with E-state index in [0.717, 1.165) is 5.56 Å². The van der Waals surface area contributed by atoms with Crippen LogP contribution in [0.5, 0.6) is 0 Å². The molecule has 2 heterocycles. The summed E-state index contributed by atoms with van der Waals surface area (Å²) in [7, 11) is 3.28. The van der Waals surface area contributed by atoms with E-state index in [4.69, 9.17) is 28.4 Å². The average molecular weight is 338 g/mol. The molecule has 0 amide bonds. The van der Waals surface area contributed by atoms with Gasteiger partial charge in [0.1, 0.15) is 24.4 Å². The molecule has 2 aliphatic rings. The van der Waals surface area contributed by atoms with E-state index in [0.29, 0.717) is 6.61 Å². The SMILES string of the molecule is COC1C(OC)[C@@H]2OC(c3ccccc3)OCC2O[C@H]1OC(C)C. The molecule has 1 aromatic rings. The zero-order valence-corrected chi connectivity index (χ0v) is 14.6. The van der Waals surface area contributed by atoms with Gasteiger partial charge >= 0.3 is 0 Å². The van der Waals surface area contributed by atoms with Gasteiger partial charge in [0.05, 0.1) is 12.7 Å². The molecule has 0 saturated carbocycles. The van der Waals surface area contributed by atoms with Gasteiger partial charge in [-0.25, -0.2) is 0 Å². The highest BCUT2D eigenvalue weighted by molar-refractivity contribution is 5.16. The zero-order chi connectivity index (χ0) is 17.1. The molecule has 6 atom stereocenters. The topological polar surface area (TPSA) is 55.4 Å². The number of hydrogen-bond acceptors (Lipinski definition) is 6. The molecule has 0 aliphatic carbocycles. The molecular weight excluding hydrogens is 312 g/mol. The van der Waals surface area contributed by atoms with Crippen molar-refractivity contribution in [3.8, 4) is 0 Å². The van der Waals surface area contributed by atoms with Crippen LogP contribution in [0.3, 0.4) is 0 Å². The highest BCUT2D eigenvalue weighted by atomic mass is 16.8. The third-order valence-electron chi connectivity index (χ3n) is 4.31. The highest BCUT2D eigenvalue weighted by Gasteiger charge is 2.51. The largest absolute Gasteiger partial charge is 0.376 e. The summed E-state index contributed by atoms with van der Waals surface area (Å²) < 4.78 is 35.2. The minimum absolute atomic E-state index is 0.0178. The predicted octanol–water partition coefficient (Wildman–Crippen LogP) is 2.28. The summed E-state index contributed by atoms with van der Waals surface area (Å²) in [4.78, 5) is 0. The van der Waals surface area contributed by atoms with Crippen molar-refractivity contribution >= 4 is 0 Å². The third-order valence-corrected chi connectivity index (χ3v) is 4.31. The fraction of sp³-hybridized carbons (Fsp3) is 0.667. The van der Waals surface area contributed by atoms with Crippen molar-refractivity contribution in [2.24, 2.45) is 0 Å². The smallest absolute Gasteiger partial charge is 0.187 e. The maximum atomic E-state index is 6.16. The van der Waals surface area contributed by atoms with Crippen LogP contribution in [0.1, 0.15) is 25.7 Å². The van der Waals surface area contributed by atoms with Gasteiger partial charge in [0.25, 0.3) is 0 Å². The van der Waals surface area contributed by atoms with E-state index in [2.05, 4.69) is 0 Å². The Hall–Kier alpha value is -1.02. The van der Waals surface area contributed by atoms with Gasteiger partial charge in [-0.05, 0) is 13.8 Å². The van der Waals surface area contributed by atoms with Crippen LogP contribution in [0.25, 0.3) is 0 Å². The normalized spacial score (nSPS) is 36.5. The molecule has 0 aromatic heterocycles. The highest BCUT2D eigenvalue weighted by Crippen LogP contribution is 2.36. The Balaban J connectivity index is 1.77. The minimum Gasteiger partial charge on any atom is -0.376 e. The van der Waals surface area contributed by atoms with E-state index < -0.39 is 12.6 Å². The van der Waals surface area contributed by atoms with E-state index in [9.17, 15) is 0 Å². The van der Waals surface area contributed by atoms with Gasteiger partial charge < -0.3 is 28.4 Å². The Morgan fingerprint density at radius 2 is 1.71 bits per heavy atom. The summed E-state index contributed by atoms with van der Waals surface area (Å²) in [5.41, 5.74) is 0.973. The number of benzene rings is 1. The molecule has 24 heavy (non-hydrogen) atoms. The van der Waals surface area contributed by atoms with Crippen LogP contribution >= 0.6 is 0 Å². The zero-order valence-electron chi connectivity index (χ0n) is 14.6. The van der Waals surface area contributed by atoms with Gasteiger partial charge in [0.15, 0.2) is 12.6 Å². The van der Waals surface area contributed by atoms with Crippen LogP contribution in [0.4, 0.5) is 0 Å². The van der Waals surface area contributed by atoms with Gasteiger partial charge in [0, 0.05) is 19.8 Å². The van der Waals surface area contributed by atoms with E-state index in [1.54, 1.807) is 14.2 Å². The van der Waals surface area contributed by atoms with E-state index in [1.165, 1.54) is 0 Å². The fourth-order valence-corrected chi connectivity index (χ4v) is 3.22. The van der Waals surface area contributed by atoms with Crippen LogP contribution in [0, 0.1) is 0 Å². The molecule has 0 bridgehead atoms. The lowest BCUT2D eigenvalue weighted by molar-refractivity contribution is -0.369. The van der Waals surface area contributed by atoms with Crippen LogP contribution in [0.2, 0.25) is 0 Å². The molecule has 0 radical (unpaired) electrons. The first-order valence-corrected chi connectivity index (χ1v) is 8.32. The molecule has 4 unspecified atom stereocenters. The maximum Gasteiger partial charge on any atom is 0.187 e. The molecule has 134 valence electrons. The molecule has 2 aliphatic heterocycles. The first-order valence-electron chi connectivity index (χ1n) is 8.32. The Bertz CT molecular complexity index is 507. The van der Waals surface area contributed by atoms with E-state index in [1.807, 2.05) is 44.2 Å². The Morgan fingerprint density at radius 3 is 2.33 bits per heavy atom. The first-order chi connectivity index (χ1) is 11.6. The maximum absolute atomic E-state index is 6.16. The second kappa shape index (κ2) is 7.91. The molecular formula is C18H26O6. The van der Waals surface area contributed by atoms with Crippen molar-refractivity contribution in [2.75, 3.05) is 20.8 Å². The van der Waals surface area contributed by atoms with Gasteiger partial charge in [-0.1, -0.05) is 30.3 Å². The summed E-state index contributed by atoms with van der Waals surface area (Å²) in [6.45, 7) is 4.34. The van der Waals surface area contributed by atoms with E-state index >= 15 is 0 Å². The minimum atomic E-state index is -0.512. The first kappa shape index (κ1) is 17.8. The molecule has 1 aromatic carbocycles. The lowest BCUT2D eigenvalue weighted by Crippen LogP contribution is -2.63. The van der Waals surface area contributed by atoms with Crippen LogP contribution in [-0.2, 0) is 28.4 Å². The van der Waals surface area contributed by atoms with Gasteiger partial charge in [-0.3, -0.25) is 0 Å². The number of hydrogen-bond donors (Lipinski definition) is 0. The second-order valence-corrected chi connectivity index (χ2v) is 6.31. The molecule has 6 nitrogen and oxygen atoms in total. The van der Waals surface area contributed by atoms with Crippen molar-refractivity contribution < 1.29 is 28.4 Å². The third kappa shape index (κ3) is 3.64. The van der Waals surface area contributed by atoms with Crippen LogP contribution < -0.4 is 0 Å². The van der Waals surface area contributed by atoms with Crippen molar-refractivity contribution in [1.29, 1.82) is 0 Å². The summed E-state index contributed by atoms with van der Waals surface area (Å²) in [6.07, 6.45) is -2.14. The summed E-state index contributed by atoms with van der Waals surface area (Å²) in [5.74, 6) is 0. The summed E-state index contributed by atoms with van der Waals surface area (Å²) in [6, 6.07) is 9.85. The number of fused-ring (bicyclic) bond motifs is 1. The lowest BCUT2D eigenvalue weighted by Gasteiger charge is -2.48. The van der Waals surface area contributed by atoms with Gasteiger partial charge in [0.2, 0.25) is 0 Å².